The Morgan fingerprint density at radius 2 is 1.76 bits per heavy atom. The number of carbonyl (C=O) groups excluding carboxylic acids is 1. The molecule has 1 aliphatic rings. The molecule has 1 amide bonds. The van der Waals surface area contributed by atoms with E-state index in [0.29, 0.717) is 11.3 Å². The third-order valence-corrected chi connectivity index (χ3v) is 4.57. The number of rotatable bonds is 4. The number of carboxylic acid groups (broad SMARTS) is 1. The van der Waals surface area contributed by atoms with Crippen molar-refractivity contribution in [1.29, 1.82) is 0 Å². The highest BCUT2D eigenvalue weighted by Crippen LogP contribution is 2.21. The molecule has 0 unspecified atom stereocenters. The lowest BCUT2D eigenvalue weighted by molar-refractivity contribution is 0.0243. The minimum absolute atomic E-state index is 0.0691. The molecule has 2 aromatic rings. The minimum Gasteiger partial charge on any atom is -0.478 e. The molecule has 0 saturated carbocycles. The summed E-state index contributed by atoms with van der Waals surface area (Å²) in [6.07, 6.45) is 1.51. The van der Waals surface area contributed by atoms with E-state index in [1.807, 2.05) is 30.9 Å². The first-order valence-electron chi connectivity index (χ1n) is 8.36. The Kier molecular flexibility index (Phi) is 4.90. The molecule has 0 aliphatic carbocycles. The number of piperazine rings is 1. The highest BCUT2D eigenvalue weighted by molar-refractivity contribution is 5.92. The number of furan rings is 1. The van der Waals surface area contributed by atoms with Crippen molar-refractivity contribution in [3.8, 4) is 0 Å². The van der Waals surface area contributed by atoms with Crippen molar-refractivity contribution in [2.24, 2.45) is 0 Å². The highest BCUT2D eigenvalue weighted by Gasteiger charge is 2.34. The monoisotopic (exact) mass is 342 g/mol. The van der Waals surface area contributed by atoms with Crippen LogP contribution >= 0.6 is 0 Å². The summed E-state index contributed by atoms with van der Waals surface area (Å²) in [5, 5.41) is 8.97. The Balaban J connectivity index is 1.65. The number of amides is 1. The summed E-state index contributed by atoms with van der Waals surface area (Å²) in [4.78, 5) is 27.7. The number of hydrogen-bond donors (Lipinski definition) is 1. The van der Waals surface area contributed by atoms with Crippen molar-refractivity contribution in [2.75, 3.05) is 13.1 Å². The first-order valence-corrected chi connectivity index (χ1v) is 8.36. The van der Waals surface area contributed by atoms with Gasteiger partial charge in [0, 0.05) is 31.7 Å². The summed E-state index contributed by atoms with van der Waals surface area (Å²) in [6.45, 7) is 6.33. The second-order valence-corrected chi connectivity index (χ2v) is 6.58. The predicted octanol–water partition coefficient (Wildman–Crippen LogP) is 2.71. The van der Waals surface area contributed by atoms with Crippen LogP contribution in [0.4, 0.5) is 0 Å². The second kappa shape index (κ2) is 7.11. The van der Waals surface area contributed by atoms with Gasteiger partial charge in [0.25, 0.3) is 5.91 Å². The van der Waals surface area contributed by atoms with Crippen LogP contribution in [0.3, 0.4) is 0 Å². The third kappa shape index (κ3) is 3.74. The van der Waals surface area contributed by atoms with Crippen LogP contribution in [0.15, 0.2) is 47.1 Å². The van der Waals surface area contributed by atoms with Gasteiger partial charge in [-0.15, -0.1) is 0 Å². The zero-order chi connectivity index (χ0) is 18.0. The maximum atomic E-state index is 12.6. The maximum absolute atomic E-state index is 12.6. The van der Waals surface area contributed by atoms with Gasteiger partial charge in [-0.25, -0.2) is 4.79 Å². The molecule has 2 atom stereocenters. The topological polar surface area (TPSA) is 74.0 Å². The van der Waals surface area contributed by atoms with Gasteiger partial charge in [0.15, 0.2) is 5.76 Å². The van der Waals surface area contributed by atoms with Gasteiger partial charge in [0.05, 0.1) is 11.8 Å². The lowest BCUT2D eigenvalue weighted by atomic mass is 10.1. The smallest absolute Gasteiger partial charge is 0.335 e. The summed E-state index contributed by atoms with van der Waals surface area (Å²) < 4.78 is 5.25. The van der Waals surface area contributed by atoms with Crippen LogP contribution in [-0.2, 0) is 6.54 Å². The quantitative estimate of drug-likeness (QED) is 0.925. The highest BCUT2D eigenvalue weighted by atomic mass is 16.4. The van der Waals surface area contributed by atoms with E-state index in [9.17, 15) is 9.59 Å². The third-order valence-electron chi connectivity index (χ3n) is 4.57. The summed E-state index contributed by atoms with van der Waals surface area (Å²) in [5.74, 6) is -0.620. The average Bonchev–Trinajstić information content (AvgIpc) is 3.09. The Morgan fingerprint density at radius 1 is 1.12 bits per heavy atom. The molecule has 1 saturated heterocycles. The van der Waals surface area contributed by atoms with Crippen LogP contribution in [-0.4, -0.2) is 52.0 Å². The van der Waals surface area contributed by atoms with Crippen molar-refractivity contribution in [1.82, 2.24) is 9.80 Å². The first kappa shape index (κ1) is 17.2. The van der Waals surface area contributed by atoms with Crippen molar-refractivity contribution in [3.05, 3.63) is 59.5 Å². The summed E-state index contributed by atoms with van der Waals surface area (Å²) in [6, 6.07) is 10.5. The molecular formula is C19H22N2O4. The summed E-state index contributed by atoms with van der Waals surface area (Å²) in [7, 11) is 0. The van der Waals surface area contributed by atoms with Gasteiger partial charge in [-0.1, -0.05) is 12.1 Å². The molecule has 3 rings (SSSR count). The fourth-order valence-electron chi connectivity index (χ4n) is 3.50. The summed E-state index contributed by atoms with van der Waals surface area (Å²) in [5.41, 5.74) is 1.36. The number of hydrogen-bond acceptors (Lipinski definition) is 4. The zero-order valence-electron chi connectivity index (χ0n) is 14.4. The number of carboxylic acids is 1. The van der Waals surface area contributed by atoms with Crippen molar-refractivity contribution in [3.63, 3.8) is 0 Å². The zero-order valence-corrected chi connectivity index (χ0v) is 14.4. The molecule has 6 heteroatoms. The van der Waals surface area contributed by atoms with E-state index in [1.54, 1.807) is 24.3 Å². The van der Waals surface area contributed by atoms with Gasteiger partial charge >= 0.3 is 5.97 Å². The van der Waals surface area contributed by atoms with Gasteiger partial charge < -0.3 is 14.4 Å². The van der Waals surface area contributed by atoms with Crippen LogP contribution in [0.1, 0.15) is 40.3 Å². The molecule has 0 spiro atoms. The normalized spacial score (nSPS) is 21.3. The molecule has 1 aliphatic heterocycles. The van der Waals surface area contributed by atoms with Crippen molar-refractivity contribution < 1.29 is 19.1 Å². The van der Waals surface area contributed by atoms with E-state index in [-0.39, 0.29) is 18.0 Å². The standard InChI is InChI=1S/C19H22N2O4/c1-13-10-20(12-15-5-7-16(8-6-15)19(23)24)11-14(2)21(13)18(22)17-4-3-9-25-17/h3-9,13-14H,10-12H2,1-2H3,(H,23,24)/t13-,14-/m1/s1. The number of aromatic carboxylic acids is 1. The molecule has 25 heavy (non-hydrogen) atoms. The molecule has 6 nitrogen and oxygen atoms in total. The van der Waals surface area contributed by atoms with Crippen LogP contribution in [0.2, 0.25) is 0 Å². The predicted molar refractivity (Wildman–Crippen MR) is 92.5 cm³/mol. The lowest BCUT2D eigenvalue weighted by Gasteiger charge is -2.44. The van der Waals surface area contributed by atoms with E-state index in [4.69, 9.17) is 9.52 Å². The van der Waals surface area contributed by atoms with Gasteiger partial charge in [0.1, 0.15) is 0 Å². The Hall–Kier alpha value is -2.60. The van der Waals surface area contributed by atoms with Gasteiger partial charge in [-0.3, -0.25) is 9.69 Å². The van der Waals surface area contributed by atoms with E-state index in [0.717, 1.165) is 25.2 Å². The molecule has 1 aromatic carbocycles. The van der Waals surface area contributed by atoms with Crippen molar-refractivity contribution in [2.45, 2.75) is 32.5 Å². The molecule has 0 bridgehead atoms. The van der Waals surface area contributed by atoms with Gasteiger partial charge in [-0.05, 0) is 43.7 Å². The average molecular weight is 342 g/mol. The number of benzene rings is 1. The van der Waals surface area contributed by atoms with E-state index >= 15 is 0 Å². The number of nitrogens with zero attached hydrogens (tertiary/aromatic N) is 2. The lowest BCUT2D eigenvalue weighted by Crippen LogP contribution is -2.58. The van der Waals surface area contributed by atoms with Crippen LogP contribution in [0.5, 0.6) is 0 Å². The van der Waals surface area contributed by atoms with E-state index in [2.05, 4.69) is 4.90 Å². The number of carbonyl (C=O) groups is 2. The molecule has 2 heterocycles. The molecule has 1 N–H and O–H groups in total. The van der Waals surface area contributed by atoms with E-state index < -0.39 is 5.97 Å². The molecule has 132 valence electrons. The first-order chi connectivity index (χ1) is 12.0. The largest absolute Gasteiger partial charge is 0.478 e. The second-order valence-electron chi connectivity index (χ2n) is 6.58. The minimum atomic E-state index is -0.918. The SMILES string of the molecule is C[C@@H]1CN(Cc2ccc(C(=O)O)cc2)C[C@@H](C)N1C(=O)c1ccco1. The fourth-order valence-corrected chi connectivity index (χ4v) is 3.50. The van der Waals surface area contributed by atoms with Crippen molar-refractivity contribution >= 4 is 11.9 Å². The molecule has 1 fully saturated rings. The Morgan fingerprint density at radius 3 is 2.28 bits per heavy atom. The van der Waals surface area contributed by atoms with Crippen LogP contribution < -0.4 is 0 Å². The van der Waals surface area contributed by atoms with Crippen LogP contribution in [0.25, 0.3) is 0 Å². The van der Waals surface area contributed by atoms with Gasteiger partial charge in [0.2, 0.25) is 0 Å². The Bertz CT molecular complexity index is 727. The maximum Gasteiger partial charge on any atom is 0.335 e. The Labute approximate surface area is 146 Å². The fraction of sp³-hybridized carbons (Fsp3) is 0.368. The molecule has 0 radical (unpaired) electrons. The van der Waals surface area contributed by atoms with Gasteiger partial charge in [-0.2, -0.15) is 0 Å². The van der Waals surface area contributed by atoms with E-state index in [1.165, 1.54) is 6.26 Å². The molecular weight excluding hydrogens is 320 g/mol. The summed E-state index contributed by atoms with van der Waals surface area (Å²) >= 11 is 0. The van der Waals surface area contributed by atoms with Crippen LogP contribution in [0, 0.1) is 0 Å². The molecule has 1 aromatic heterocycles.